The van der Waals surface area contributed by atoms with Crippen LogP contribution in [0.1, 0.15) is 32.6 Å². The second-order valence-corrected chi connectivity index (χ2v) is 6.08. The Morgan fingerprint density at radius 2 is 2.00 bits per heavy atom. The Hall–Kier alpha value is -0.620. The van der Waals surface area contributed by atoms with E-state index in [-0.39, 0.29) is 11.7 Å². The van der Waals surface area contributed by atoms with Crippen LogP contribution in [0, 0.1) is 5.92 Å². The van der Waals surface area contributed by atoms with Gasteiger partial charge in [-0.25, -0.2) is 8.42 Å². The molecule has 1 saturated heterocycles. The number of rotatable bonds is 5. The Balaban J connectivity index is 2.34. The van der Waals surface area contributed by atoms with Crippen LogP contribution in [0.3, 0.4) is 0 Å². The quantitative estimate of drug-likeness (QED) is 0.730. The van der Waals surface area contributed by atoms with Gasteiger partial charge in [-0.15, -0.1) is 0 Å². The molecule has 5 nitrogen and oxygen atoms in total. The lowest BCUT2D eigenvalue weighted by Crippen LogP contribution is -2.36. The molecule has 0 aliphatic carbocycles. The van der Waals surface area contributed by atoms with E-state index in [4.69, 9.17) is 0 Å². The maximum atomic E-state index is 11.5. The first-order valence-electron chi connectivity index (χ1n) is 5.77. The lowest BCUT2D eigenvalue weighted by molar-refractivity contribution is -0.120. The molecule has 0 radical (unpaired) electrons. The zero-order chi connectivity index (χ0) is 12.0. The first-order valence-corrected chi connectivity index (χ1v) is 7.43. The molecule has 1 rings (SSSR count). The average Bonchev–Trinajstić information content (AvgIpc) is 2.17. The summed E-state index contributed by atoms with van der Waals surface area (Å²) in [5, 5.41) is 3.21. The maximum Gasteiger partial charge on any atom is 0.234 e. The second-order valence-electron chi connectivity index (χ2n) is 4.24. The van der Waals surface area contributed by atoms with Crippen molar-refractivity contribution in [2.45, 2.75) is 32.6 Å². The van der Waals surface area contributed by atoms with Gasteiger partial charge in [0.2, 0.25) is 15.9 Å². The molecular formula is C10H20N2O3S. The Bertz CT molecular complexity index is 321. The van der Waals surface area contributed by atoms with Gasteiger partial charge in [0, 0.05) is 6.42 Å². The fraction of sp³-hybridized carbons (Fsp3) is 0.900. The Labute approximate surface area is 97.0 Å². The van der Waals surface area contributed by atoms with Crippen molar-refractivity contribution in [3.63, 3.8) is 0 Å². The van der Waals surface area contributed by atoms with Gasteiger partial charge in [0.1, 0.15) is 0 Å². The molecule has 2 N–H and O–H groups in total. The third-order valence-electron chi connectivity index (χ3n) is 2.67. The molecule has 0 aromatic carbocycles. The Morgan fingerprint density at radius 3 is 2.56 bits per heavy atom. The van der Waals surface area contributed by atoms with Crippen molar-refractivity contribution in [1.82, 2.24) is 10.0 Å². The van der Waals surface area contributed by atoms with E-state index in [0.717, 1.165) is 25.9 Å². The monoisotopic (exact) mass is 248 g/mol. The van der Waals surface area contributed by atoms with Gasteiger partial charge in [0.25, 0.3) is 0 Å². The first-order chi connectivity index (χ1) is 7.53. The fourth-order valence-electron chi connectivity index (χ4n) is 1.88. The fourth-order valence-corrected chi connectivity index (χ4v) is 2.95. The number of sulfonamides is 1. The molecule has 1 aliphatic heterocycles. The minimum absolute atomic E-state index is 0.0188. The molecule has 0 bridgehead atoms. The minimum Gasteiger partial charge on any atom is -0.317 e. The molecule has 94 valence electrons. The smallest absolute Gasteiger partial charge is 0.234 e. The Kier molecular flexibility index (Phi) is 5.21. The van der Waals surface area contributed by atoms with Gasteiger partial charge in [-0.3, -0.25) is 9.52 Å². The zero-order valence-electron chi connectivity index (χ0n) is 9.66. The number of nitrogens with one attached hydrogen (secondary N) is 2. The molecular weight excluding hydrogens is 228 g/mol. The van der Waals surface area contributed by atoms with Gasteiger partial charge in [-0.2, -0.15) is 0 Å². The largest absolute Gasteiger partial charge is 0.317 e. The molecule has 1 heterocycles. The number of carbonyl (C=O) groups excluding carboxylic acids is 1. The first kappa shape index (κ1) is 13.4. The third-order valence-corrected chi connectivity index (χ3v) is 4.16. The predicted octanol–water partition coefficient (Wildman–Crippen LogP) is 0.232. The van der Waals surface area contributed by atoms with E-state index in [0.29, 0.717) is 18.8 Å². The number of amides is 1. The molecule has 1 amide bonds. The number of hydrogen-bond donors (Lipinski definition) is 2. The summed E-state index contributed by atoms with van der Waals surface area (Å²) in [5.41, 5.74) is 0. The standard InChI is InChI=1S/C10H20N2O3S/c1-2-7-16(14,15)12-10(13)8-9-3-5-11-6-4-9/h9,11H,2-8H2,1H3,(H,12,13). The molecule has 1 aliphatic rings. The molecule has 0 spiro atoms. The van der Waals surface area contributed by atoms with Gasteiger partial charge in [-0.1, -0.05) is 6.92 Å². The molecule has 0 aromatic heterocycles. The average molecular weight is 248 g/mol. The number of carbonyl (C=O) groups is 1. The maximum absolute atomic E-state index is 11.5. The van der Waals surface area contributed by atoms with E-state index in [2.05, 4.69) is 10.0 Å². The molecule has 0 saturated carbocycles. The Morgan fingerprint density at radius 1 is 1.38 bits per heavy atom. The highest BCUT2D eigenvalue weighted by molar-refractivity contribution is 7.90. The predicted molar refractivity (Wildman–Crippen MR) is 62.4 cm³/mol. The summed E-state index contributed by atoms with van der Waals surface area (Å²) in [7, 11) is -3.40. The van der Waals surface area contributed by atoms with E-state index in [9.17, 15) is 13.2 Å². The van der Waals surface area contributed by atoms with E-state index < -0.39 is 10.0 Å². The number of hydrogen-bond acceptors (Lipinski definition) is 4. The van der Waals surface area contributed by atoms with Crippen LogP contribution < -0.4 is 10.0 Å². The molecule has 6 heteroatoms. The van der Waals surface area contributed by atoms with E-state index in [1.165, 1.54) is 0 Å². The number of piperidine rings is 1. The molecule has 16 heavy (non-hydrogen) atoms. The van der Waals surface area contributed by atoms with E-state index in [1.54, 1.807) is 6.92 Å². The molecule has 0 unspecified atom stereocenters. The molecule has 0 aromatic rings. The van der Waals surface area contributed by atoms with Crippen molar-refractivity contribution >= 4 is 15.9 Å². The lowest BCUT2D eigenvalue weighted by Gasteiger charge is -2.21. The molecule has 0 atom stereocenters. The van der Waals surface area contributed by atoms with Gasteiger partial charge in [0.05, 0.1) is 5.75 Å². The van der Waals surface area contributed by atoms with Gasteiger partial charge in [0.15, 0.2) is 0 Å². The van der Waals surface area contributed by atoms with E-state index >= 15 is 0 Å². The lowest BCUT2D eigenvalue weighted by atomic mass is 9.94. The van der Waals surface area contributed by atoms with Gasteiger partial charge in [-0.05, 0) is 38.3 Å². The highest BCUT2D eigenvalue weighted by atomic mass is 32.2. The summed E-state index contributed by atoms with van der Waals surface area (Å²) < 4.78 is 24.8. The van der Waals surface area contributed by atoms with Crippen LogP contribution in [0.25, 0.3) is 0 Å². The molecule has 1 fully saturated rings. The van der Waals surface area contributed by atoms with Crippen LogP contribution >= 0.6 is 0 Å². The highest BCUT2D eigenvalue weighted by Crippen LogP contribution is 2.15. The zero-order valence-corrected chi connectivity index (χ0v) is 10.5. The summed E-state index contributed by atoms with van der Waals surface area (Å²) in [6.45, 7) is 3.61. The van der Waals surface area contributed by atoms with Gasteiger partial charge >= 0.3 is 0 Å². The minimum atomic E-state index is -3.40. The van der Waals surface area contributed by atoms with Crippen LogP contribution in [0.2, 0.25) is 0 Å². The SMILES string of the molecule is CCCS(=O)(=O)NC(=O)CC1CCNCC1. The van der Waals surface area contributed by atoms with Crippen LogP contribution in [-0.2, 0) is 14.8 Å². The third kappa shape index (κ3) is 4.94. The van der Waals surface area contributed by atoms with Crippen LogP contribution in [0.15, 0.2) is 0 Å². The van der Waals surface area contributed by atoms with E-state index in [1.807, 2.05) is 0 Å². The van der Waals surface area contributed by atoms with Crippen molar-refractivity contribution in [2.75, 3.05) is 18.8 Å². The normalized spacial score (nSPS) is 18.3. The highest BCUT2D eigenvalue weighted by Gasteiger charge is 2.19. The summed E-state index contributed by atoms with van der Waals surface area (Å²) in [5.74, 6) is -0.0243. The van der Waals surface area contributed by atoms with Crippen LogP contribution in [0.5, 0.6) is 0 Å². The summed E-state index contributed by atoms with van der Waals surface area (Å²) in [4.78, 5) is 11.5. The van der Waals surface area contributed by atoms with Crippen molar-refractivity contribution in [3.8, 4) is 0 Å². The van der Waals surface area contributed by atoms with Gasteiger partial charge < -0.3 is 5.32 Å². The van der Waals surface area contributed by atoms with Crippen molar-refractivity contribution in [1.29, 1.82) is 0 Å². The van der Waals surface area contributed by atoms with Crippen molar-refractivity contribution < 1.29 is 13.2 Å². The topological polar surface area (TPSA) is 75.3 Å². The second kappa shape index (κ2) is 6.20. The summed E-state index contributed by atoms with van der Waals surface area (Å²) in [6.07, 6.45) is 2.74. The summed E-state index contributed by atoms with van der Waals surface area (Å²) in [6, 6.07) is 0. The summed E-state index contributed by atoms with van der Waals surface area (Å²) >= 11 is 0. The van der Waals surface area contributed by atoms with Crippen molar-refractivity contribution in [2.24, 2.45) is 5.92 Å². The van der Waals surface area contributed by atoms with Crippen molar-refractivity contribution in [3.05, 3.63) is 0 Å². The van der Waals surface area contributed by atoms with Crippen LogP contribution in [-0.4, -0.2) is 33.2 Å². The van der Waals surface area contributed by atoms with Crippen LogP contribution in [0.4, 0.5) is 0 Å².